The Labute approximate surface area is 151 Å². The van der Waals surface area contributed by atoms with E-state index in [1.54, 1.807) is 23.7 Å². The summed E-state index contributed by atoms with van der Waals surface area (Å²) in [6, 6.07) is 9.00. The molecule has 24 heavy (non-hydrogen) atoms. The molecule has 0 bridgehead atoms. The van der Waals surface area contributed by atoms with Gasteiger partial charge >= 0.3 is 0 Å². The standard InChI is InChI=1S/C19H20ClN3S/c1-13-4-3-10-23(13)11-8-18-22-19-15(5-2-6-17(19)24-18)14-7-9-21-12-16(14)20/h2,5-7,9,12-13H,3-4,8,10-11H2,1H3. The van der Waals surface area contributed by atoms with Gasteiger partial charge in [0.25, 0.3) is 0 Å². The van der Waals surface area contributed by atoms with Crippen molar-refractivity contribution in [2.24, 2.45) is 0 Å². The minimum Gasteiger partial charge on any atom is -0.300 e. The Bertz CT molecular complexity index is 861. The fourth-order valence-corrected chi connectivity index (χ4v) is 4.68. The zero-order valence-electron chi connectivity index (χ0n) is 13.7. The van der Waals surface area contributed by atoms with Crippen molar-refractivity contribution in [1.82, 2.24) is 14.9 Å². The third-order valence-corrected chi connectivity index (χ3v) is 6.21. The van der Waals surface area contributed by atoms with E-state index in [2.05, 4.69) is 35.0 Å². The van der Waals surface area contributed by atoms with Gasteiger partial charge in [0, 0.05) is 42.5 Å². The molecular formula is C19H20ClN3S. The molecule has 0 spiro atoms. The van der Waals surface area contributed by atoms with E-state index in [1.807, 2.05) is 6.07 Å². The van der Waals surface area contributed by atoms with Gasteiger partial charge in [-0.1, -0.05) is 23.7 Å². The van der Waals surface area contributed by atoms with Gasteiger partial charge in [0.2, 0.25) is 0 Å². The van der Waals surface area contributed by atoms with Crippen LogP contribution in [0.15, 0.2) is 36.7 Å². The monoisotopic (exact) mass is 357 g/mol. The van der Waals surface area contributed by atoms with Gasteiger partial charge in [0.05, 0.1) is 20.2 Å². The number of hydrogen-bond acceptors (Lipinski definition) is 4. The molecule has 0 amide bonds. The maximum Gasteiger partial charge on any atom is 0.0951 e. The van der Waals surface area contributed by atoms with Crippen molar-refractivity contribution in [3.8, 4) is 11.1 Å². The van der Waals surface area contributed by atoms with Crippen molar-refractivity contribution in [2.45, 2.75) is 32.2 Å². The van der Waals surface area contributed by atoms with E-state index in [1.165, 1.54) is 29.1 Å². The highest BCUT2D eigenvalue weighted by Gasteiger charge is 2.20. The molecule has 5 heteroatoms. The Morgan fingerprint density at radius 3 is 3.00 bits per heavy atom. The number of thiazole rings is 1. The third-order valence-electron chi connectivity index (χ3n) is 4.83. The fourth-order valence-electron chi connectivity index (χ4n) is 3.48. The number of rotatable bonds is 4. The maximum atomic E-state index is 6.34. The zero-order valence-corrected chi connectivity index (χ0v) is 15.3. The van der Waals surface area contributed by atoms with E-state index < -0.39 is 0 Å². The molecule has 0 saturated carbocycles. The van der Waals surface area contributed by atoms with Crippen LogP contribution in [0.2, 0.25) is 5.02 Å². The molecule has 0 radical (unpaired) electrons. The second-order valence-corrected chi connectivity index (χ2v) is 7.92. The molecule has 0 N–H and O–H groups in total. The SMILES string of the molecule is CC1CCCN1CCc1nc2c(-c3ccncc3Cl)cccc2s1. The summed E-state index contributed by atoms with van der Waals surface area (Å²) >= 11 is 8.14. The molecule has 1 aliphatic heterocycles. The average Bonchev–Trinajstić information content (AvgIpc) is 3.18. The van der Waals surface area contributed by atoms with Crippen molar-refractivity contribution in [1.29, 1.82) is 0 Å². The van der Waals surface area contributed by atoms with Crippen molar-refractivity contribution in [2.75, 3.05) is 13.1 Å². The minimum atomic E-state index is 0.672. The Morgan fingerprint density at radius 1 is 1.29 bits per heavy atom. The second kappa shape index (κ2) is 6.79. The predicted molar refractivity (Wildman–Crippen MR) is 102 cm³/mol. The molecule has 1 aromatic carbocycles. The number of nitrogens with zero attached hydrogens (tertiary/aromatic N) is 3. The highest BCUT2D eigenvalue weighted by atomic mass is 35.5. The van der Waals surface area contributed by atoms with Crippen LogP contribution in [0.25, 0.3) is 21.3 Å². The van der Waals surface area contributed by atoms with Crippen LogP contribution in [0.5, 0.6) is 0 Å². The fraction of sp³-hybridized carbons (Fsp3) is 0.368. The lowest BCUT2D eigenvalue weighted by atomic mass is 10.1. The summed E-state index contributed by atoms with van der Waals surface area (Å²) in [6.45, 7) is 4.66. The first-order chi connectivity index (χ1) is 11.7. The van der Waals surface area contributed by atoms with Crippen LogP contribution in [0.4, 0.5) is 0 Å². The van der Waals surface area contributed by atoms with Gasteiger partial charge in [-0.15, -0.1) is 11.3 Å². The van der Waals surface area contributed by atoms with Crippen LogP contribution in [0.3, 0.4) is 0 Å². The summed E-state index contributed by atoms with van der Waals surface area (Å²) < 4.78 is 1.23. The topological polar surface area (TPSA) is 29.0 Å². The van der Waals surface area contributed by atoms with Gasteiger partial charge in [0.1, 0.15) is 0 Å². The summed E-state index contributed by atoms with van der Waals surface area (Å²) in [4.78, 5) is 11.6. The molecule has 2 aromatic heterocycles. The van der Waals surface area contributed by atoms with E-state index in [-0.39, 0.29) is 0 Å². The van der Waals surface area contributed by atoms with Crippen LogP contribution in [0.1, 0.15) is 24.8 Å². The van der Waals surface area contributed by atoms with Crippen LogP contribution >= 0.6 is 22.9 Å². The molecule has 3 heterocycles. The lowest BCUT2D eigenvalue weighted by Crippen LogP contribution is -2.28. The minimum absolute atomic E-state index is 0.672. The molecule has 3 nitrogen and oxygen atoms in total. The average molecular weight is 358 g/mol. The molecule has 1 atom stereocenters. The van der Waals surface area contributed by atoms with E-state index in [9.17, 15) is 0 Å². The molecule has 124 valence electrons. The first-order valence-electron chi connectivity index (χ1n) is 8.45. The van der Waals surface area contributed by atoms with Crippen LogP contribution in [-0.4, -0.2) is 34.0 Å². The Kier molecular flexibility index (Phi) is 4.53. The number of fused-ring (bicyclic) bond motifs is 1. The van der Waals surface area contributed by atoms with Gasteiger partial charge in [-0.3, -0.25) is 4.98 Å². The molecule has 3 aromatic rings. The number of hydrogen-bond donors (Lipinski definition) is 0. The van der Waals surface area contributed by atoms with E-state index in [4.69, 9.17) is 16.6 Å². The lowest BCUT2D eigenvalue weighted by molar-refractivity contribution is 0.272. The van der Waals surface area contributed by atoms with Crippen molar-refractivity contribution >= 4 is 33.2 Å². The summed E-state index contributed by atoms with van der Waals surface area (Å²) in [5.41, 5.74) is 3.15. The smallest absolute Gasteiger partial charge is 0.0951 e. The Morgan fingerprint density at radius 2 is 2.21 bits per heavy atom. The molecule has 1 saturated heterocycles. The summed E-state index contributed by atoms with van der Waals surface area (Å²) in [5.74, 6) is 0. The number of halogens is 1. The molecule has 0 aliphatic carbocycles. The quantitative estimate of drug-likeness (QED) is 0.655. The molecule has 4 rings (SSSR count). The van der Waals surface area contributed by atoms with Crippen LogP contribution in [0, 0.1) is 0 Å². The first-order valence-corrected chi connectivity index (χ1v) is 9.64. The van der Waals surface area contributed by atoms with Gasteiger partial charge in [-0.25, -0.2) is 4.98 Å². The Balaban J connectivity index is 1.64. The van der Waals surface area contributed by atoms with Gasteiger partial charge < -0.3 is 4.90 Å². The van der Waals surface area contributed by atoms with Crippen LogP contribution < -0.4 is 0 Å². The van der Waals surface area contributed by atoms with E-state index >= 15 is 0 Å². The molecule has 1 aliphatic rings. The van der Waals surface area contributed by atoms with Crippen molar-refractivity contribution < 1.29 is 0 Å². The molecular weight excluding hydrogens is 338 g/mol. The predicted octanol–water partition coefficient (Wildman–Crippen LogP) is 5.04. The maximum absolute atomic E-state index is 6.34. The lowest BCUT2D eigenvalue weighted by Gasteiger charge is -2.19. The normalized spacial score (nSPS) is 18.5. The highest BCUT2D eigenvalue weighted by molar-refractivity contribution is 7.18. The number of benzene rings is 1. The second-order valence-electron chi connectivity index (χ2n) is 6.39. The number of aromatic nitrogens is 2. The van der Waals surface area contributed by atoms with Gasteiger partial charge in [-0.2, -0.15) is 0 Å². The summed E-state index contributed by atoms with van der Waals surface area (Å²) in [7, 11) is 0. The molecule has 1 fully saturated rings. The third kappa shape index (κ3) is 3.06. The van der Waals surface area contributed by atoms with Crippen molar-refractivity contribution in [3.63, 3.8) is 0 Å². The molecule has 1 unspecified atom stereocenters. The van der Waals surface area contributed by atoms with Gasteiger partial charge in [-0.05, 0) is 38.4 Å². The highest BCUT2D eigenvalue weighted by Crippen LogP contribution is 2.35. The largest absolute Gasteiger partial charge is 0.300 e. The van der Waals surface area contributed by atoms with Crippen LogP contribution in [-0.2, 0) is 6.42 Å². The van der Waals surface area contributed by atoms with E-state index in [0.29, 0.717) is 11.1 Å². The zero-order chi connectivity index (χ0) is 16.5. The number of pyridine rings is 1. The first kappa shape index (κ1) is 16.0. The summed E-state index contributed by atoms with van der Waals surface area (Å²) in [5, 5.41) is 1.88. The summed E-state index contributed by atoms with van der Waals surface area (Å²) in [6.07, 6.45) is 7.14. The van der Waals surface area contributed by atoms with Crippen molar-refractivity contribution in [3.05, 3.63) is 46.7 Å². The van der Waals surface area contributed by atoms with E-state index in [0.717, 1.165) is 29.6 Å². The Hall–Kier alpha value is -1.49. The number of para-hydroxylation sites is 1. The number of likely N-dealkylation sites (tertiary alicyclic amines) is 1. The van der Waals surface area contributed by atoms with Gasteiger partial charge in [0.15, 0.2) is 0 Å².